The Balaban J connectivity index is 2.75. The topological polar surface area (TPSA) is 17.8 Å². The van der Waals surface area contributed by atoms with Gasteiger partial charge in [-0.25, -0.2) is 4.98 Å². The zero-order valence-corrected chi connectivity index (χ0v) is 7.68. The molecule has 0 unspecified atom stereocenters. The van der Waals surface area contributed by atoms with Crippen LogP contribution in [0.1, 0.15) is 5.82 Å². The summed E-state index contributed by atoms with van der Waals surface area (Å²) in [7, 11) is 0. The van der Waals surface area contributed by atoms with E-state index in [-0.39, 0.29) is 5.52 Å². The molecular weight excluding hydrogens is 213 g/mol. The summed E-state index contributed by atoms with van der Waals surface area (Å²) in [6.45, 7) is 0. The molecule has 0 aliphatic rings. The lowest BCUT2D eigenvalue weighted by molar-refractivity contribution is -0.144. The van der Waals surface area contributed by atoms with E-state index in [1.807, 2.05) is 0 Å². The maximum Gasteiger partial charge on any atom is 0.450 e. The van der Waals surface area contributed by atoms with Gasteiger partial charge in [0.1, 0.15) is 0 Å². The second-order valence-electron chi connectivity index (χ2n) is 2.73. The minimum atomic E-state index is -4.47. The van der Waals surface area contributed by atoms with E-state index >= 15 is 0 Å². The van der Waals surface area contributed by atoms with Crippen LogP contribution in [0, 0.1) is 0 Å². The minimum Gasteiger partial charge on any atom is -0.265 e. The maximum atomic E-state index is 12.4. The Bertz CT molecular complexity index is 475. The van der Waals surface area contributed by atoms with E-state index in [1.165, 1.54) is 12.1 Å². The third-order valence-electron chi connectivity index (χ3n) is 1.79. The van der Waals surface area contributed by atoms with E-state index in [0.29, 0.717) is 5.52 Å². The first-order valence-corrected chi connectivity index (χ1v) is 4.14. The van der Waals surface area contributed by atoms with Crippen molar-refractivity contribution >= 4 is 23.8 Å². The Morgan fingerprint density at radius 3 is 2.43 bits per heavy atom. The first-order valence-electron chi connectivity index (χ1n) is 3.74. The van der Waals surface area contributed by atoms with Crippen molar-refractivity contribution in [1.82, 2.24) is 8.96 Å². The molecule has 1 aromatic carbocycles. The number of para-hydroxylation sites is 2. The fraction of sp³-hybridized carbons (Fsp3) is 0.125. The van der Waals surface area contributed by atoms with E-state index in [0.717, 1.165) is 3.97 Å². The molecule has 0 N–H and O–H groups in total. The minimum absolute atomic E-state index is 0.287. The van der Waals surface area contributed by atoms with Gasteiger partial charge in [0.15, 0.2) is 0 Å². The molecule has 0 amide bonds. The van der Waals surface area contributed by atoms with Crippen LogP contribution in [0.4, 0.5) is 13.2 Å². The quantitative estimate of drug-likeness (QED) is 0.673. The number of hydrogen-bond acceptors (Lipinski definition) is 2. The van der Waals surface area contributed by atoms with E-state index in [9.17, 15) is 13.2 Å². The van der Waals surface area contributed by atoms with Crippen LogP contribution in [0.5, 0.6) is 0 Å². The van der Waals surface area contributed by atoms with Crippen molar-refractivity contribution < 1.29 is 13.2 Å². The molecule has 1 aromatic heterocycles. The predicted octanol–water partition coefficient (Wildman–Crippen LogP) is 2.75. The van der Waals surface area contributed by atoms with Gasteiger partial charge in [0.25, 0.3) is 0 Å². The summed E-state index contributed by atoms with van der Waals surface area (Å²) in [4.78, 5) is 3.45. The summed E-state index contributed by atoms with van der Waals surface area (Å²) in [5, 5.41) is 0. The third kappa shape index (κ3) is 1.35. The zero-order valence-electron chi connectivity index (χ0n) is 6.78. The molecule has 6 heteroatoms. The number of benzene rings is 1. The summed E-state index contributed by atoms with van der Waals surface area (Å²) in [5.74, 6) is -0.998. The highest BCUT2D eigenvalue weighted by atomic mass is 32.1. The van der Waals surface area contributed by atoms with Crippen LogP contribution >= 0.6 is 12.8 Å². The Hall–Kier alpha value is -1.17. The molecule has 74 valence electrons. The molecule has 0 aliphatic heterocycles. The highest BCUT2D eigenvalue weighted by molar-refractivity contribution is 7.78. The standard InChI is InChI=1S/C8H5F3N2S/c9-8(10,11)7-12-5-3-1-2-4-6(5)13(7)14/h1-4,14H. The van der Waals surface area contributed by atoms with Crippen LogP contribution in [-0.4, -0.2) is 8.96 Å². The van der Waals surface area contributed by atoms with Crippen molar-refractivity contribution in [2.24, 2.45) is 0 Å². The average molecular weight is 218 g/mol. The van der Waals surface area contributed by atoms with Crippen LogP contribution in [0.25, 0.3) is 11.0 Å². The van der Waals surface area contributed by atoms with Gasteiger partial charge >= 0.3 is 6.18 Å². The number of fused-ring (bicyclic) bond motifs is 1. The lowest BCUT2D eigenvalue weighted by Gasteiger charge is -2.04. The Kier molecular flexibility index (Phi) is 1.95. The maximum absolute atomic E-state index is 12.4. The van der Waals surface area contributed by atoms with Crippen LogP contribution in [0.2, 0.25) is 0 Å². The summed E-state index contributed by atoms with van der Waals surface area (Å²) >= 11 is 3.74. The summed E-state index contributed by atoms with van der Waals surface area (Å²) in [6.07, 6.45) is -4.47. The first kappa shape index (κ1) is 9.39. The lowest BCUT2D eigenvalue weighted by atomic mass is 10.3. The molecule has 0 aliphatic carbocycles. The van der Waals surface area contributed by atoms with Crippen LogP contribution < -0.4 is 0 Å². The summed E-state index contributed by atoms with van der Waals surface area (Å²) in [6, 6.07) is 6.31. The average Bonchev–Trinajstić information content (AvgIpc) is 2.44. The number of thiol groups is 1. The molecule has 0 fully saturated rings. The number of nitrogens with zero attached hydrogens (tertiary/aromatic N) is 2. The van der Waals surface area contributed by atoms with Gasteiger partial charge in [0, 0.05) is 0 Å². The Morgan fingerprint density at radius 1 is 1.21 bits per heavy atom. The molecule has 2 nitrogen and oxygen atoms in total. The van der Waals surface area contributed by atoms with Crippen molar-refractivity contribution in [3.63, 3.8) is 0 Å². The number of aromatic nitrogens is 2. The monoisotopic (exact) mass is 218 g/mol. The zero-order chi connectivity index (χ0) is 10.3. The molecule has 2 rings (SSSR count). The molecule has 14 heavy (non-hydrogen) atoms. The van der Waals surface area contributed by atoms with Gasteiger partial charge in [0.2, 0.25) is 5.82 Å². The summed E-state index contributed by atoms with van der Waals surface area (Å²) in [5.41, 5.74) is 0.637. The van der Waals surface area contributed by atoms with Crippen LogP contribution in [-0.2, 0) is 6.18 Å². The fourth-order valence-corrected chi connectivity index (χ4v) is 1.52. The predicted molar refractivity (Wildman–Crippen MR) is 49.1 cm³/mol. The van der Waals surface area contributed by atoms with Crippen LogP contribution in [0.15, 0.2) is 24.3 Å². The Labute approximate surface area is 82.9 Å². The lowest BCUT2D eigenvalue weighted by Crippen LogP contribution is -2.10. The van der Waals surface area contributed by atoms with Crippen molar-refractivity contribution in [3.05, 3.63) is 30.1 Å². The second kappa shape index (κ2) is 2.91. The largest absolute Gasteiger partial charge is 0.450 e. The number of hydrogen-bond donors (Lipinski definition) is 1. The number of alkyl halides is 3. The second-order valence-corrected chi connectivity index (χ2v) is 3.13. The van der Waals surface area contributed by atoms with E-state index in [4.69, 9.17) is 0 Å². The molecule has 0 atom stereocenters. The van der Waals surface area contributed by atoms with Gasteiger partial charge < -0.3 is 0 Å². The molecular formula is C8H5F3N2S. The van der Waals surface area contributed by atoms with E-state index in [2.05, 4.69) is 17.8 Å². The van der Waals surface area contributed by atoms with Crippen molar-refractivity contribution in [1.29, 1.82) is 0 Å². The number of rotatable bonds is 0. The molecule has 1 heterocycles. The SMILES string of the molecule is FC(F)(F)c1nc2ccccc2n1S. The van der Waals surface area contributed by atoms with Gasteiger partial charge in [-0.05, 0) is 12.1 Å². The van der Waals surface area contributed by atoms with Gasteiger partial charge in [0.05, 0.1) is 11.0 Å². The molecule has 0 saturated heterocycles. The highest BCUT2D eigenvalue weighted by Crippen LogP contribution is 2.31. The summed E-state index contributed by atoms with van der Waals surface area (Å²) < 4.78 is 37.8. The molecule has 0 saturated carbocycles. The van der Waals surface area contributed by atoms with Gasteiger partial charge in [-0.3, -0.25) is 3.97 Å². The highest BCUT2D eigenvalue weighted by Gasteiger charge is 2.37. The molecule has 0 spiro atoms. The van der Waals surface area contributed by atoms with Crippen molar-refractivity contribution in [2.45, 2.75) is 6.18 Å². The van der Waals surface area contributed by atoms with Gasteiger partial charge in [-0.2, -0.15) is 13.2 Å². The van der Waals surface area contributed by atoms with E-state index < -0.39 is 12.0 Å². The molecule has 0 bridgehead atoms. The third-order valence-corrected chi connectivity index (χ3v) is 2.20. The first-order chi connectivity index (χ1) is 6.50. The molecule has 0 radical (unpaired) electrons. The van der Waals surface area contributed by atoms with Gasteiger partial charge in [-0.1, -0.05) is 24.9 Å². The van der Waals surface area contributed by atoms with Crippen molar-refractivity contribution in [3.8, 4) is 0 Å². The smallest absolute Gasteiger partial charge is 0.265 e. The van der Waals surface area contributed by atoms with E-state index in [1.54, 1.807) is 12.1 Å². The fourth-order valence-electron chi connectivity index (χ4n) is 1.20. The van der Waals surface area contributed by atoms with Crippen molar-refractivity contribution in [2.75, 3.05) is 0 Å². The normalized spacial score (nSPS) is 12.3. The van der Waals surface area contributed by atoms with Crippen LogP contribution in [0.3, 0.4) is 0 Å². The number of imidazole rings is 1. The molecule has 2 aromatic rings. The number of halogens is 3. The Morgan fingerprint density at radius 2 is 1.86 bits per heavy atom. The van der Waals surface area contributed by atoms with Gasteiger partial charge in [-0.15, -0.1) is 0 Å².